The van der Waals surface area contributed by atoms with Gasteiger partial charge >= 0.3 is 5.69 Å². The van der Waals surface area contributed by atoms with Crippen LogP contribution in [0.5, 0.6) is 5.75 Å². The second kappa shape index (κ2) is 10.7. The summed E-state index contributed by atoms with van der Waals surface area (Å²) in [6, 6.07) is 4.84. The van der Waals surface area contributed by atoms with Gasteiger partial charge in [0.05, 0.1) is 23.8 Å². The molecular weight excluding hydrogens is 499 g/mol. The van der Waals surface area contributed by atoms with Gasteiger partial charge in [0, 0.05) is 18.1 Å². The van der Waals surface area contributed by atoms with Gasteiger partial charge in [-0.25, -0.2) is 14.2 Å². The number of halogens is 1. The SMILES string of the molecule is O=C(N[C@H]1CC[C@@H](n2c(=O)c3cc(F)cnc3n(C3CCSCC3)c2=O)CC1)c1cc(CO)ccc1O. The highest BCUT2D eigenvalue weighted by Gasteiger charge is 2.30. The van der Waals surface area contributed by atoms with E-state index in [0.717, 1.165) is 36.6 Å². The second-order valence-corrected chi connectivity index (χ2v) is 10.9. The fourth-order valence-electron chi connectivity index (χ4n) is 5.40. The van der Waals surface area contributed by atoms with Crippen molar-refractivity contribution in [1.82, 2.24) is 19.4 Å². The number of nitrogens with zero attached hydrogens (tertiary/aromatic N) is 3. The van der Waals surface area contributed by atoms with Crippen molar-refractivity contribution in [3.05, 3.63) is 68.2 Å². The Balaban J connectivity index is 1.40. The van der Waals surface area contributed by atoms with E-state index < -0.39 is 23.0 Å². The number of rotatable bonds is 5. The Morgan fingerprint density at radius 2 is 1.76 bits per heavy atom. The molecular formula is C26H29FN4O5S. The van der Waals surface area contributed by atoms with Crippen molar-refractivity contribution < 1.29 is 19.4 Å². The first-order valence-corrected chi connectivity index (χ1v) is 13.7. The number of thioether (sulfide) groups is 1. The number of hydrogen-bond donors (Lipinski definition) is 3. The van der Waals surface area contributed by atoms with E-state index in [-0.39, 0.29) is 47.1 Å². The van der Waals surface area contributed by atoms with Crippen LogP contribution in [-0.4, -0.2) is 47.8 Å². The van der Waals surface area contributed by atoms with E-state index in [4.69, 9.17) is 0 Å². The van der Waals surface area contributed by atoms with E-state index in [1.807, 2.05) is 11.8 Å². The first kappa shape index (κ1) is 25.5. The second-order valence-electron chi connectivity index (χ2n) is 9.68. The Labute approximate surface area is 216 Å². The number of pyridine rings is 1. The lowest BCUT2D eigenvalue weighted by Crippen LogP contribution is -2.46. The number of fused-ring (bicyclic) bond motifs is 1. The third-order valence-electron chi connectivity index (χ3n) is 7.36. The average molecular weight is 529 g/mol. The summed E-state index contributed by atoms with van der Waals surface area (Å²) in [4.78, 5) is 44.0. The van der Waals surface area contributed by atoms with Gasteiger partial charge in [-0.05, 0) is 73.8 Å². The van der Waals surface area contributed by atoms with Crippen molar-refractivity contribution in [1.29, 1.82) is 0 Å². The summed E-state index contributed by atoms with van der Waals surface area (Å²) in [6.45, 7) is -0.247. The molecule has 0 unspecified atom stereocenters. The number of phenols is 1. The molecule has 0 bridgehead atoms. The fraction of sp³-hybridized carbons (Fsp3) is 0.462. The molecule has 3 N–H and O–H groups in total. The summed E-state index contributed by atoms with van der Waals surface area (Å²) >= 11 is 1.82. The first-order chi connectivity index (χ1) is 17.9. The minimum atomic E-state index is -0.625. The quantitative estimate of drug-likeness (QED) is 0.465. The fourth-order valence-corrected chi connectivity index (χ4v) is 6.49. The highest BCUT2D eigenvalue weighted by molar-refractivity contribution is 7.99. The molecule has 2 aliphatic rings. The number of amides is 1. The van der Waals surface area contributed by atoms with Crippen LogP contribution >= 0.6 is 11.8 Å². The van der Waals surface area contributed by atoms with E-state index in [1.54, 1.807) is 10.6 Å². The summed E-state index contributed by atoms with van der Waals surface area (Å²) in [7, 11) is 0. The van der Waals surface area contributed by atoms with Gasteiger partial charge < -0.3 is 15.5 Å². The lowest BCUT2D eigenvalue weighted by molar-refractivity contribution is 0.0919. The average Bonchev–Trinajstić information content (AvgIpc) is 2.91. The number of nitrogens with one attached hydrogen (secondary N) is 1. The van der Waals surface area contributed by atoms with Gasteiger partial charge in [-0.1, -0.05) is 6.07 Å². The molecule has 2 aromatic heterocycles. The zero-order chi connectivity index (χ0) is 26.1. The molecule has 2 fully saturated rings. The van der Waals surface area contributed by atoms with Crippen LogP contribution in [0.4, 0.5) is 4.39 Å². The van der Waals surface area contributed by atoms with Crippen LogP contribution in [0.25, 0.3) is 11.0 Å². The number of aliphatic hydroxyl groups excluding tert-OH is 1. The molecule has 0 spiro atoms. The molecule has 3 aromatic rings. The molecule has 1 aliphatic carbocycles. The predicted octanol–water partition coefficient (Wildman–Crippen LogP) is 2.88. The van der Waals surface area contributed by atoms with Crippen LogP contribution in [0, 0.1) is 5.82 Å². The lowest BCUT2D eigenvalue weighted by Gasteiger charge is -2.31. The summed E-state index contributed by atoms with van der Waals surface area (Å²) in [5.74, 6) is 0.563. The topological polar surface area (TPSA) is 126 Å². The summed E-state index contributed by atoms with van der Waals surface area (Å²) < 4.78 is 16.9. The zero-order valence-electron chi connectivity index (χ0n) is 20.2. The smallest absolute Gasteiger partial charge is 0.333 e. The molecule has 1 amide bonds. The molecule has 0 radical (unpaired) electrons. The number of aromatic hydroxyl groups is 1. The van der Waals surface area contributed by atoms with Crippen molar-refractivity contribution in [2.24, 2.45) is 0 Å². The minimum Gasteiger partial charge on any atom is -0.507 e. The van der Waals surface area contributed by atoms with Crippen LogP contribution in [0.3, 0.4) is 0 Å². The molecule has 3 heterocycles. The third kappa shape index (κ3) is 5.02. The maximum atomic E-state index is 14.1. The Morgan fingerprint density at radius 3 is 2.46 bits per heavy atom. The number of benzene rings is 1. The Bertz CT molecular complexity index is 1440. The van der Waals surface area contributed by atoms with E-state index in [9.17, 15) is 29.0 Å². The van der Waals surface area contributed by atoms with Crippen molar-refractivity contribution in [3.8, 4) is 5.75 Å². The van der Waals surface area contributed by atoms with Gasteiger partial charge in [0.25, 0.3) is 11.5 Å². The monoisotopic (exact) mass is 528 g/mol. The summed E-state index contributed by atoms with van der Waals surface area (Å²) in [5.41, 5.74) is -0.114. The first-order valence-electron chi connectivity index (χ1n) is 12.5. The van der Waals surface area contributed by atoms with Gasteiger partial charge in [0.1, 0.15) is 17.2 Å². The van der Waals surface area contributed by atoms with Crippen molar-refractivity contribution >= 4 is 28.7 Å². The number of carbonyl (C=O) groups is 1. The van der Waals surface area contributed by atoms with Gasteiger partial charge in [-0.3, -0.25) is 18.7 Å². The van der Waals surface area contributed by atoms with E-state index >= 15 is 0 Å². The molecule has 1 saturated heterocycles. The van der Waals surface area contributed by atoms with Gasteiger partial charge in [-0.2, -0.15) is 11.8 Å². The van der Waals surface area contributed by atoms with Crippen LogP contribution in [0.2, 0.25) is 0 Å². The number of hydrogen-bond acceptors (Lipinski definition) is 7. The van der Waals surface area contributed by atoms with Gasteiger partial charge in [0.2, 0.25) is 0 Å². The van der Waals surface area contributed by atoms with Crippen molar-refractivity contribution in [2.45, 2.75) is 63.3 Å². The van der Waals surface area contributed by atoms with Crippen molar-refractivity contribution in [2.75, 3.05) is 11.5 Å². The molecule has 9 nitrogen and oxygen atoms in total. The molecule has 1 aromatic carbocycles. The van der Waals surface area contributed by atoms with Crippen LogP contribution in [-0.2, 0) is 6.61 Å². The largest absolute Gasteiger partial charge is 0.507 e. The van der Waals surface area contributed by atoms with E-state index in [0.29, 0.717) is 31.2 Å². The highest BCUT2D eigenvalue weighted by atomic mass is 32.2. The number of aliphatic hydroxyl groups is 1. The minimum absolute atomic E-state index is 0.0856. The molecule has 11 heteroatoms. The zero-order valence-corrected chi connectivity index (χ0v) is 21.0. The maximum absolute atomic E-state index is 14.1. The van der Waals surface area contributed by atoms with Crippen LogP contribution in [0.1, 0.15) is 66.5 Å². The lowest BCUT2D eigenvalue weighted by atomic mass is 9.90. The standard InChI is InChI=1S/C26H29FN4O5S/c27-16-12-21-23(28-13-16)30(19-7-9-37-10-8-19)26(36)31(25(21)35)18-4-2-17(3-5-18)29-24(34)20-11-15(14-32)1-6-22(20)33/h1,6,11-13,17-19,32-33H,2-5,7-10,14H2,(H,29,34)/t17-,18+. The summed E-state index contributed by atoms with van der Waals surface area (Å²) in [6.07, 6.45) is 4.63. The normalized spacial score (nSPS) is 20.7. The van der Waals surface area contributed by atoms with Gasteiger partial charge in [-0.15, -0.1) is 0 Å². The molecule has 196 valence electrons. The third-order valence-corrected chi connectivity index (χ3v) is 8.41. The van der Waals surface area contributed by atoms with Gasteiger partial charge in [0.15, 0.2) is 0 Å². The predicted molar refractivity (Wildman–Crippen MR) is 139 cm³/mol. The Morgan fingerprint density at radius 1 is 1.05 bits per heavy atom. The van der Waals surface area contributed by atoms with E-state index in [2.05, 4.69) is 10.3 Å². The maximum Gasteiger partial charge on any atom is 0.333 e. The Hall–Kier alpha value is -3.18. The number of phenolic OH excluding ortho intramolecular Hbond substituents is 1. The highest BCUT2D eigenvalue weighted by Crippen LogP contribution is 2.30. The molecule has 5 rings (SSSR count). The Kier molecular flexibility index (Phi) is 7.34. The summed E-state index contributed by atoms with van der Waals surface area (Å²) in [5, 5.41) is 22.4. The molecule has 0 atom stereocenters. The van der Waals surface area contributed by atoms with Crippen LogP contribution < -0.4 is 16.6 Å². The van der Waals surface area contributed by atoms with Crippen molar-refractivity contribution in [3.63, 3.8) is 0 Å². The number of carbonyl (C=O) groups excluding carboxylic acids is 1. The molecule has 1 aliphatic heterocycles. The molecule has 37 heavy (non-hydrogen) atoms. The van der Waals surface area contributed by atoms with E-state index in [1.165, 1.54) is 16.7 Å². The van der Waals surface area contributed by atoms with Crippen LogP contribution in [0.15, 0.2) is 40.1 Å². The number of aromatic nitrogens is 3. The molecule has 1 saturated carbocycles.